The zero-order valence-electron chi connectivity index (χ0n) is 14.5. The van der Waals surface area contributed by atoms with Crippen molar-refractivity contribution in [1.29, 1.82) is 0 Å². The van der Waals surface area contributed by atoms with E-state index in [1.165, 1.54) is 12.1 Å². The molecular weight excluding hydrogens is 324 g/mol. The number of benzene rings is 1. The van der Waals surface area contributed by atoms with Crippen LogP contribution in [-0.4, -0.2) is 23.7 Å². The molecule has 0 heterocycles. The summed E-state index contributed by atoms with van der Waals surface area (Å²) >= 11 is 0. The Bertz CT molecular complexity index is 833. The Hall–Kier alpha value is -2.83. The quantitative estimate of drug-likeness (QED) is 0.499. The van der Waals surface area contributed by atoms with Crippen LogP contribution in [0.5, 0.6) is 11.5 Å². The standard InChI is InChI=1S/C18H22N2O5/c1-4-10(5-2)19-18(24)11-8-7-9-12(14(11)21)20-13-15(22)16(23)17(13)25-6-3/h7-10,20-21H,4-6H2,1-3H3,(H,19,24). The second-order valence-electron chi connectivity index (χ2n) is 5.61. The van der Waals surface area contributed by atoms with Crippen molar-refractivity contribution in [2.75, 3.05) is 11.9 Å². The average Bonchev–Trinajstić information content (AvgIpc) is 2.63. The van der Waals surface area contributed by atoms with Gasteiger partial charge in [0.2, 0.25) is 0 Å². The second-order valence-corrected chi connectivity index (χ2v) is 5.61. The minimum atomic E-state index is -0.713. The number of nitrogens with one attached hydrogen (secondary N) is 2. The number of phenols is 1. The summed E-state index contributed by atoms with van der Waals surface area (Å²) in [4.78, 5) is 35.5. The first-order valence-corrected chi connectivity index (χ1v) is 8.30. The highest BCUT2D eigenvalue weighted by Gasteiger charge is 2.24. The van der Waals surface area contributed by atoms with Gasteiger partial charge in [-0.05, 0) is 31.9 Å². The lowest BCUT2D eigenvalue weighted by Crippen LogP contribution is -2.35. The first-order chi connectivity index (χ1) is 11.9. The first kappa shape index (κ1) is 18.5. The Morgan fingerprint density at radius 1 is 1.16 bits per heavy atom. The van der Waals surface area contributed by atoms with Gasteiger partial charge in [-0.3, -0.25) is 14.4 Å². The van der Waals surface area contributed by atoms with Crippen LogP contribution in [0.3, 0.4) is 0 Å². The van der Waals surface area contributed by atoms with Gasteiger partial charge >= 0.3 is 0 Å². The molecule has 2 aromatic carbocycles. The topological polar surface area (TPSA) is 105 Å². The number of ether oxygens (including phenoxy) is 1. The third kappa shape index (κ3) is 3.65. The zero-order chi connectivity index (χ0) is 18.6. The van der Waals surface area contributed by atoms with Crippen molar-refractivity contribution in [1.82, 2.24) is 5.32 Å². The van der Waals surface area contributed by atoms with Crippen molar-refractivity contribution in [2.24, 2.45) is 0 Å². The van der Waals surface area contributed by atoms with Crippen LogP contribution in [0.2, 0.25) is 0 Å². The molecule has 0 saturated heterocycles. The summed E-state index contributed by atoms with van der Waals surface area (Å²) < 4.78 is 5.13. The number of carbonyl (C=O) groups excluding carboxylic acids is 1. The van der Waals surface area contributed by atoms with E-state index in [4.69, 9.17) is 4.74 Å². The highest BCUT2D eigenvalue weighted by molar-refractivity contribution is 5.99. The van der Waals surface area contributed by atoms with Crippen LogP contribution in [0.25, 0.3) is 0 Å². The van der Waals surface area contributed by atoms with E-state index in [-0.39, 0.29) is 41.1 Å². The average molecular weight is 346 g/mol. The predicted octanol–water partition coefficient (Wildman–Crippen LogP) is 2.05. The van der Waals surface area contributed by atoms with E-state index < -0.39 is 16.8 Å². The number of para-hydroxylation sites is 1. The fraction of sp³-hybridized carbons (Fsp3) is 0.389. The van der Waals surface area contributed by atoms with Crippen LogP contribution >= 0.6 is 0 Å². The molecule has 0 fully saturated rings. The Labute approximate surface area is 145 Å². The molecule has 7 nitrogen and oxygen atoms in total. The number of rotatable bonds is 8. The van der Waals surface area contributed by atoms with Crippen LogP contribution in [0.15, 0.2) is 27.8 Å². The molecule has 1 amide bonds. The summed E-state index contributed by atoms with van der Waals surface area (Å²) in [5, 5.41) is 15.9. The smallest absolute Gasteiger partial charge is 0.272 e. The van der Waals surface area contributed by atoms with E-state index in [0.717, 1.165) is 12.8 Å². The number of hydrogen-bond acceptors (Lipinski definition) is 6. The zero-order valence-corrected chi connectivity index (χ0v) is 14.5. The summed E-state index contributed by atoms with van der Waals surface area (Å²) in [6, 6.07) is 4.59. The number of phenolic OH excluding ortho intramolecular Hbond substituents is 1. The Morgan fingerprint density at radius 3 is 2.44 bits per heavy atom. The number of carbonyl (C=O) groups is 1. The van der Waals surface area contributed by atoms with E-state index in [9.17, 15) is 19.5 Å². The molecule has 0 aliphatic rings. The summed E-state index contributed by atoms with van der Waals surface area (Å²) in [7, 11) is 0. The molecule has 134 valence electrons. The van der Waals surface area contributed by atoms with Gasteiger partial charge in [-0.2, -0.15) is 0 Å². The summed E-state index contributed by atoms with van der Waals surface area (Å²) in [6.07, 6.45) is 1.56. The molecule has 0 unspecified atom stereocenters. The predicted molar refractivity (Wildman–Crippen MR) is 95.7 cm³/mol. The molecule has 7 heteroatoms. The highest BCUT2D eigenvalue weighted by Crippen LogP contribution is 2.32. The number of hydrogen-bond donors (Lipinski definition) is 3. The fourth-order valence-electron chi connectivity index (χ4n) is 2.48. The van der Waals surface area contributed by atoms with Gasteiger partial charge in [-0.1, -0.05) is 19.9 Å². The fourth-order valence-corrected chi connectivity index (χ4v) is 2.48. The molecule has 25 heavy (non-hydrogen) atoms. The lowest BCUT2D eigenvalue weighted by molar-refractivity contribution is 0.0932. The van der Waals surface area contributed by atoms with Gasteiger partial charge in [-0.25, -0.2) is 0 Å². The molecule has 0 aliphatic heterocycles. The van der Waals surface area contributed by atoms with Crippen molar-refractivity contribution in [3.63, 3.8) is 0 Å². The van der Waals surface area contributed by atoms with Gasteiger partial charge < -0.3 is 20.5 Å². The van der Waals surface area contributed by atoms with Gasteiger partial charge in [0.25, 0.3) is 16.8 Å². The van der Waals surface area contributed by atoms with Crippen molar-refractivity contribution < 1.29 is 14.6 Å². The maximum Gasteiger partial charge on any atom is 0.272 e. The van der Waals surface area contributed by atoms with E-state index in [0.29, 0.717) is 0 Å². The van der Waals surface area contributed by atoms with Gasteiger partial charge in [0.15, 0.2) is 11.5 Å². The maximum atomic E-state index is 12.3. The summed E-state index contributed by atoms with van der Waals surface area (Å²) in [6.45, 7) is 5.87. The molecule has 3 N–H and O–H groups in total. The molecule has 0 aliphatic carbocycles. The minimum Gasteiger partial charge on any atom is -0.505 e. The van der Waals surface area contributed by atoms with E-state index >= 15 is 0 Å². The number of amides is 1. The van der Waals surface area contributed by atoms with Gasteiger partial charge in [0, 0.05) is 6.04 Å². The minimum absolute atomic E-state index is 0.0142. The van der Waals surface area contributed by atoms with Crippen LogP contribution in [0, 0.1) is 0 Å². The normalized spacial score (nSPS) is 10.9. The van der Waals surface area contributed by atoms with Crippen molar-refractivity contribution in [3.05, 3.63) is 44.2 Å². The van der Waals surface area contributed by atoms with Crippen LogP contribution in [0.4, 0.5) is 11.4 Å². The molecule has 0 bridgehead atoms. The molecule has 2 aromatic rings. The number of aromatic hydroxyl groups is 1. The molecule has 2 rings (SSSR count). The third-order valence-electron chi connectivity index (χ3n) is 4.02. The lowest BCUT2D eigenvalue weighted by Gasteiger charge is -2.17. The second kappa shape index (κ2) is 7.83. The maximum absolute atomic E-state index is 12.3. The monoisotopic (exact) mass is 346 g/mol. The van der Waals surface area contributed by atoms with Crippen LogP contribution < -0.4 is 26.2 Å². The number of anilines is 2. The molecule has 0 radical (unpaired) electrons. The molecule has 0 atom stereocenters. The van der Waals surface area contributed by atoms with Gasteiger partial charge in [0.1, 0.15) is 5.69 Å². The van der Waals surface area contributed by atoms with Crippen LogP contribution in [-0.2, 0) is 0 Å². The molecule has 0 spiro atoms. The van der Waals surface area contributed by atoms with Gasteiger partial charge in [-0.15, -0.1) is 0 Å². The van der Waals surface area contributed by atoms with E-state index in [1.54, 1.807) is 13.0 Å². The van der Waals surface area contributed by atoms with Crippen molar-refractivity contribution in [3.8, 4) is 11.5 Å². The SMILES string of the molecule is CCOc1c(Nc2cccc(C(=O)NC(CC)CC)c2O)c(=O)c1=O. The molecule has 0 aromatic heterocycles. The van der Waals surface area contributed by atoms with Crippen LogP contribution in [0.1, 0.15) is 44.0 Å². The van der Waals surface area contributed by atoms with Crippen molar-refractivity contribution in [2.45, 2.75) is 39.7 Å². The lowest BCUT2D eigenvalue weighted by atomic mass is 10.1. The Kier molecular flexibility index (Phi) is 5.80. The van der Waals surface area contributed by atoms with E-state index in [2.05, 4.69) is 10.6 Å². The highest BCUT2D eigenvalue weighted by atomic mass is 16.5. The van der Waals surface area contributed by atoms with Crippen molar-refractivity contribution >= 4 is 17.3 Å². The van der Waals surface area contributed by atoms with E-state index in [1.807, 2.05) is 13.8 Å². The van der Waals surface area contributed by atoms with Gasteiger partial charge in [0.05, 0.1) is 17.9 Å². The largest absolute Gasteiger partial charge is 0.505 e. The molecular formula is C18H22N2O5. The Balaban J connectivity index is 2.27. The first-order valence-electron chi connectivity index (χ1n) is 8.30. The summed E-state index contributed by atoms with van der Waals surface area (Å²) in [5.41, 5.74) is -1.18. The molecule has 0 saturated carbocycles. The third-order valence-corrected chi connectivity index (χ3v) is 4.02. The summed E-state index contributed by atoms with van der Waals surface area (Å²) in [5.74, 6) is -0.745. The Morgan fingerprint density at radius 2 is 1.84 bits per heavy atom.